The Balaban J connectivity index is 2.01. The Morgan fingerprint density at radius 1 is 1.25 bits per heavy atom. The number of rotatable bonds is 3. The largest absolute Gasteiger partial charge is 0.480 e. The van der Waals surface area contributed by atoms with E-state index in [1.165, 1.54) is 0 Å². The van der Waals surface area contributed by atoms with Crippen LogP contribution in [-0.2, 0) is 11.3 Å². The summed E-state index contributed by atoms with van der Waals surface area (Å²) in [6, 6.07) is 11.6. The van der Waals surface area contributed by atoms with Gasteiger partial charge in [-0.15, -0.1) is 0 Å². The lowest BCUT2D eigenvalue weighted by atomic mass is 10.00. The van der Waals surface area contributed by atoms with E-state index in [9.17, 15) is 4.79 Å². The van der Waals surface area contributed by atoms with Crippen molar-refractivity contribution < 1.29 is 9.90 Å². The second-order valence-corrected chi connectivity index (χ2v) is 5.38. The van der Waals surface area contributed by atoms with E-state index in [0.29, 0.717) is 5.02 Å². The molecule has 0 amide bonds. The molecule has 3 rings (SSSR count). The van der Waals surface area contributed by atoms with Crippen molar-refractivity contribution in [3.8, 4) is 0 Å². The number of aromatic nitrogens is 1. The van der Waals surface area contributed by atoms with E-state index in [1.807, 2.05) is 47.5 Å². The first-order chi connectivity index (χ1) is 9.65. The molecular weight excluding hydrogens is 276 g/mol. The molecule has 0 fully saturated rings. The SMILES string of the molecule is O=C(O)CN1CCn2cccc2C1c1ccc(Cl)cc1. The Kier molecular flexibility index (Phi) is 3.51. The summed E-state index contributed by atoms with van der Waals surface area (Å²) in [5, 5.41) is 9.79. The lowest BCUT2D eigenvalue weighted by Crippen LogP contribution is -2.41. The predicted molar refractivity (Wildman–Crippen MR) is 76.9 cm³/mol. The molecule has 1 N–H and O–H groups in total. The molecule has 2 aromatic rings. The van der Waals surface area contributed by atoms with Crippen LogP contribution in [0.3, 0.4) is 0 Å². The summed E-state index contributed by atoms with van der Waals surface area (Å²) < 4.78 is 2.18. The number of carbonyl (C=O) groups is 1. The third-order valence-corrected chi connectivity index (χ3v) is 3.91. The van der Waals surface area contributed by atoms with Crippen LogP contribution in [0.5, 0.6) is 0 Å². The molecule has 1 unspecified atom stereocenters. The number of aliphatic carboxylic acids is 1. The first-order valence-electron chi connectivity index (χ1n) is 6.51. The second kappa shape index (κ2) is 5.31. The number of benzene rings is 1. The number of hydrogen-bond acceptors (Lipinski definition) is 2. The first kappa shape index (κ1) is 13.2. The zero-order valence-electron chi connectivity index (χ0n) is 10.9. The van der Waals surface area contributed by atoms with Crippen LogP contribution in [-0.4, -0.2) is 33.6 Å². The minimum atomic E-state index is -0.802. The number of carboxylic acids is 1. The van der Waals surface area contributed by atoms with Gasteiger partial charge in [-0.2, -0.15) is 0 Å². The molecule has 0 aliphatic carbocycles. The van der Waals surface area contributed by atoms with E-state index < -0.39 is 5.97 Å². The van der Waals surface area contributed by atoms with Crippen LogP contribution >= 0.6 is 11.6 Å². The van der Waals surface area contributed by atoms with E-state index in [4.69, 9.17) is 16.7 Å². The van der Waals surface area contributed by atoms with Gasteiger partial charge in [0.25, 0.3) is 0 Å². The number of carboxylic acid groups (broad SMARTS) is 1. The van der Waals surface area contributed by atoms with Crippen LogP contribution in [0.15, 0.2) is 42.6 Å². The molecule has 1 aliphatic heterocycles. The zero-order valence-corrected chi connectivity index (χ0v) is 11.6. The molecule has 0 saturated heterocycles. The topological polar surface area (TPSA) is 45.5 Å². The van der Waals surface area contributed by atoms with Crippen molar-refractivity contribution in [3.05, 3.63) is 58.9 Å². The highest BCUT2D eigenvalue weighted by molar-refractivity contribution is 6.30. The van der Waals surface area contributed by atoms with Crippen molar-refractivity contribution in [2.45, 2.75) is 12.6 Å². The fourth-order valence-electron chi connectivity index (χ4n) is 2.80. The third-order valence-electron chi connectivity index (χ3n) is 3.66. The van der Waals surface area contributed by atoms with Crippen LogP contribution in [0.4, 0.5) is 0 Å². The minimum absolute atomic E-state index is 0.0351. The highest BCUT2D eigenvalue weighted by Gasteiger charge is 2.29. The van der Waals surface area contributed by atoms with Crippen LogP contribution < -0.4 is 0 Å². The monoisotopic (exact) mass is 290 g/mol. The average molecular weight is 291 g/mol. The quantitative estimate of drug-likeness (QED) is 0.945. The molecule has 1 aliphatic rings. The summed E-state index contributed by atoms with van der Waals surface area (Å²) in [6.07, 6.45) is 2.04. The van der Waals surface area contributed by atoms with Gasteiger partial charge in [-0.25, -0.2) is 0 Å². The smallest absolute Gasteiger partial charge is 0.317 e. The minimum Gasteiger partial charge on any atom is -0.480 e. The molecule has 0 spiro atoms. The van der Waals surface area contributed by atoms with Crippen LogP contribution in [0, 0.1) is 0 Å². The van der Waals surface area contributed by atoms with Crippen molar-refractivity contribution in [2.75, 3.05) is 13.1 Å². The van der Waals surface area contributed by atoms with E-state index in [0.717, 1.165) is 24.3 Å². The Morgan fingerprint density at radius 2 is 2.00 bits per heavy atom. The zero-order chi connectivity index (χ0) is 14.1. The molecule has 2 heterocycles. The summed E-state index contributed by atoms with van der Waals surface area (Å²) in [7, 11) is 0. The third kappa shape index (κ3) is 2.44. The van der Waals surface area contributed by atoms with Gasteiger partial charge in [-0.05, 0) is 29.8 Å². The standard InChI is InChI=1S/C15H15ClN2O2/c16-12-5-3-11(4-6-12)15-13-2-1-7-17(13)8-9-18(15)10-14(19)20/h1-7,15H,8-10H2,(H,19,20). The fourth-order valence-corrected chi connectivity index (χ4v) is 2.93. The van der Waals surface area contributed by atoms with Crippen LogP contribution in [0.25, 0.3) is 0 Å². The maximum atomic E-state index is 11.1. The molecule has 4 nitrogen and oxygen atoms in total. The maximum absolute atomic E-state index is 11.1. The summed E-state index contributed by atoms with van der Waals surface area (Å²) >= 11 is 5.94. The Labute approximate surface area is 122 Å². The summed E-state index contributed by atoms with van der Waals surface area (Å²) in [5.74, 6) is -0.802. The van der Waals surface area contributed by atoms with Crippen molar-refractivity contribution in [2.24, 2.45) is 0 Å². The van der Waals surface area contributed by atoms with Gasteiger partial charge in [0.05, 0.1) is 12.6 Å². The molecule has 0 radical (unpaired) electrons. The van der Waals surface area contributed by atoms with Gasteiger partial charge in [0.15, 0.2) is 0 Å². The van der Waals surface area contributed by atoms with E-state index in [1.54, 1.807) is 0 Å². The molecule has 5 heteroatoms. The van der Waals surface area contributed by atoms with Gasteiger partial charge >= 0.3 is 5.97 Å². The molecule has 1 aromatic heterocycles. The Hall–Kier alpha value is -1.78. The fraction of sp³-hybridized carbons (Fsp3) is 0.267. The molecule has 1 atom stereocenters. The van der Waals surface area contributed by atoms with Gasteiger partial charge in [0, 0.05) is 30.0 Å². The highest BCUT2D eigenvalue weighted by atomic mass is 35.5. The molecule has 0 bridgehead atoms. The average Bonchev–Trinajstić information content (AvgIpc) is 2.87. The molecule has 20 heavy (non-hydrogen) atoms. The van der Waals surface area contributed by atoms with Gasteiger partial charge in [-0.1, -0.05) is 23.7 Å². The van der Waals surface area contributed by atoms with E-state index in [2.05, 4.69) is 4.57 Å². The number of fused-ring (bicyclic) bond motifs is 1. The first-order valence-corrected chi connectivity index (χ1v) is 6.89. The molecule has 1 aromatic carbocycles. The van der Waals surface area contributed by atoms with E-state index in [-0.39, 0.29) is 12.6 Å². The molecular formula is C15H15ClN2O2. The van der Waals surface area contributed by atoms with Gasteiger partial charge in [-0.3, -0.25) is 9.69 Å². The Morgan fingerprint density at radius 3 is 2.70 bits per heavy atom. The van der Waals surface area contributed by atoms with Crippen molar-refractivity contribution in [1.29, 1.82) is 0 Å². The predicted octanol–water partition coefficient (Wildman–Crippen LogP) is 2.63. The Bertz CT molecular complexity index is 621. The molecule has 104 valence electrons. The van der Waals surface area contributed by atoms with E-state index >= 15 is 0 Å². The second-order valence-electron chi connectivity index (χ2n) is 4.94. The summed E-state index contributed by atoms with van der Waals surface area (Å²) in [6.45, 7) is 1.58. The lowest BCUT2D eigenvalue weighted by Gasteiger charge is -2.36. The lowest BCUT2D eigenvalue weighted by molar-refractivity contribution is -0.139. The molecule has 0 saturated carbocycles. The van der Waals surface area contributed by atoms with Crippen LogP contribution in [0.1, 0.15) is 17.3 Å². The maximum Gasteiger partial charge on any atom is 0.317 e. The number of hydrogen-bond donors (Lipinski definition) is 1. The van der Waals surface area contributed by atoms with Crippen molar-refractivity contribution >= 4 is 17.6 Å². The highest BCUT2D eigenvalue weighted by Crippen LogP contribution is 2.32. The van der Waals surface area contributed by atoms with Crippen molar-refractivity contribution in [1.82, 2.24) is 9.47 Å². The van der Waals surface area contributed by atoms with Gasteiger partial charge < -0.3 is 9.67 Å². The van der Waals surface area contributed by atoms with Crippen molar-refractivity contribution in [3.63, 3.8) is 0 Å². The van der Waals surface area contributed by atoms with Gasteiger partial charge in [0.2, 0.25) is 0 Å². The van der Waals surface area contributed by atoms with Crippen LogP contribution in [0.2, 0.25) is 5.02 Å². The normalized spacial score (nSPS) is 18.8. The van der Waals surface area contributed by atoms with Gasteiger partial charge in [0.1, 0.15) is 0 Å². The number of halogens is 1. The summed E-state index contributed by atoms with van der Waals surface area (Å²) in [5.41, 5.74) is 2.19. The number of nitrogens with zero attached hydrogens (tertiary/aromatic N) is 2. The summed E-state index contributed by atoms with van der Waals surface area (Å²) in [4.78, 5) is 13.1.